The summed E-state index contributed by atoms with van der Waals surface area (Å²) in [5.74, 6) is 0. The molecule has 0 amide bonds. The minimum absolute atomic E-state index is 0.908. The van der Waals surface area contributed by atoms with E-state index in [1.807, 2.05) is 23.5 Å². The maximum atomic E-state index is 6.15. The molecule has 0 aliphatic heterocycles. The van der Waals surface area contributed by atoms with Gasteiger partial charge in [0.2, 0.25) is 0 Å². The van der Waals surface area contributed by atoms with Crippen LogP contribution in [-0.2, 0) is 0 Å². The lowest BCUT2D eigenvalue weighted by molar-refractivity contribution is 0.669. The van der Waals surface area contributed by atoms with Crippen LogP contribution in [0.2, 0.25) is 0 Å². The highest BCUT2D eigenvalue weighted by atomic mass is 32.1. The molecule has 3 nitrogen and oxygen atoms in total. The molecule has 58 heavy (non-hydrogen) atoms. The van der Waals surface area contributed by atoms with Crippen LogP contribution in [0.3, 0.4) is 0 Å². The molecule has 0 radical (unpaired) electrons. The summed E-state index contributed by atoms with van der Waals surface area (Å²) in [7, 11) is 0. The fraction of sp³-hybridized carbons (Fsp3) is 0. The van der Waals surface area contributed by atoms with E-state index in [0.717, 1.165) is 50.1 Å². The third kappa shape index (κ3) is 4.55. The Morgan fingerprint density at radius 1 is 0.379 bits per heavy atom. The van der Waals surface area contributed by atoms with Crippen molar-refractivity contribution in [2.75, 3.05) is 4.90 Å². The lowest BCUT2D eigenvalue weighted by atomic mass is 10.0. The molecule has 0 bridgehead atoms. The molecule has 0 saturated carbocycles. The lowest BCUT2D eigenvalue weighted by Crippen LogP contribution is -2.10. The molecule has 0 aliphatic carbocycles. The number of para-hydroxylation sites is 3. The highest BCUT2D eigenvalue weighted by molar-refractivity contribution is 7.25. The second-order valence-corrected chi connectivity index (χ2v) is 16.4. The summed E-state index contributed by atoms with van der Waals surface area (Å²) in [6.45, 7) is 0. The third-order valence-corrected chi connectivity index (χ3v) is 13.3. The smallest absolute Gasteiger partial charge is 0.135 e. The predicted octanol–water partition coefficient (Wildman–Crippen LogP) is 15.9. The van der Waals surface area contributed by atoms with E-state index < -0.39 is 0 Å². The Kier molecular flexibility index (Phi) is 6.60. The fourth-order valence-corrected chi connectivity index (χ4v) is 10.6. The van der Waals surface area contributed by atoms with Crippen LogP contribution in [0.4, 0.5) is 17.1 Å². The molecule has 0 saturated heterocycles. The highest BCUT2D eigenvalue weighted by Gasteiger charge is 2.24. The van der Waals surface area contributed by atoms with Crippen LogP contribution >= 0.6 is 11.3 Å². The first kappa shape index (κ1) is 31.8. The molecule has 4 heterocycles. The van der Waals surface area contributed by atoms with Crippen molar-refractivity contribution in [3.05, 3.63) is 194 Å². The summed E-state index contributed by atoms with van der Waals surface area (Å²) >= 11 is 1.86. The van der Waals surface area contributed by atoms with Crippen molar-refractivity contribution in [3.63, 3.8) is 0 Å². The monoisotopic (exact) mass is 756 g/mol. The summed E-state index contributed by atoms with van der Waals surface area (Å²) in [4.78, 5) is 2.44. The zero-order valence-corrected chi connectivity index (χ0v) is 32.0. The van der Waals surface area contributed by atoms with E-state index in [2.05, 4.69) is 191 Å². The maximum Gasteiger partial charge on any atom is 0.135 e. The fourth-order valence-electron chi connectivity index (χ4n) is 9.47. The van der Waals surface area contributed by atoms with Gasteiger partial charge in [0.25, 0.3) is 0 Å². The average molecular weight is 757 g/mol. The number of rotatable bonds is 5. The minimum Gasteiger partial charge on any atom is -0.456 e. The number of furan rings is 1. The van der Waals surface area contributed by atoms with Gasteiger partial charge in [0.15, 0.2) is 0 Å². The summed E-state index contributed by atoms with van der Waals surface area (Å²) in [6.07, 6.45) is 0. The van der Waals surface area contributed by atoms with Crippen molar-refractivity contribution in [3.8, 4) is 22.3 Å². The minimum atomic E-state index is 0.908. The standard InChI is InChI=1S/C54H32N2OS/c1-5-13-46-39(9-1)42-27-28-48(53-43-12-2-6-14-47(43)56(46)54(42)53)55(37-23-17-33(18-24-37)35-21-29-50-44(31-35)40-10-3-7-15-49(40)57-50)38-25-19-34(20-26-38)36-22-30-52-45(32-36)41-11-4-8-16-51(41)58-52/h1-32H. The zero-order valence-electron chi connectivity index (χ0n) is 31.2. The summed E-state index contributed by atoms with van der Waals surface area (Å²) in [6, 6.07) is 70.8. The van der Waals surface area contributed by atoms with Crippen molar-refractivity contribution < 1.29 is 4.42 Å². The van der Waals surface area contributed by atoms with E-state index in [4.69, 9.17) is 4.42 Å². The Morgan fingerprint density at radius 2 is 0.931 bits per heavy atom. The predicted molar refractivity (Wildman–Crippen MR) is 247 cm³/mol. The number of thiophene rings is 1. The Labute approximate surface area is 337 Å². The molecule has 0 unspecified atom stereocenters. The molecule has 0 aliphatic rings. The Bertz CT molecular complexity index is 3580. The maximum absolute atomic E-state index is 6.15. The highest BCUT2D eigenvalue weighted by Crippen LogP contribution is 2.48. The van der Waals surface area contributed by atoms with Crippen LogP contribution < -0.4 is 4.90 Å². The van der Waals surface area contributed by atoms with Gasteiger partial charge in [-0.1, -0.05) is 115 Å². The number of anilines is 3. The number of aromatic nitrogens is 1. The van der Waals surface area contributed by atoms with E-state index >= 15 is 0 Å². The molecule has 0 spiro atoms. The first-order valence-electron chi connectivity index (χ1n) is 19.7. The van der Waals surface area contributed by atoms with Gasteiger partial charge in [-0.2, -0.15) is 0 Å². The molecule has 0 atom stereocenters. The quantitative estimate of drug-likeness (QED) is 0.174. The van der Waals surface area contributed by atoms with Crippen molar-refractivity contribution in [2.24, 2.45) is 0 Å². The molecule has 9 aromatic carbocycles. The summed E-state index contributed by atoms with van der Waals surface area (Å²) in [5.41, 5.74) is 13.6. The topological polar surface area (TPSA) is 20.8 Å². The van der Waals surface area contributed by atoms with Gasteiger partial charge in [0.1, 0.15) is 11.2 Å². The van der Waals surface area contributed by atoms with Crippen molar-refractivity contribution in [1.82, 2.24) is 4.40 Å². The first-order chi connectivity index (χ1) is 28.7. The van der Waals surface area contributed by atoms with E-state index in [-0.39, 0.29) is 0 Å². The molecular weight excluding hydrogens is 725 g/mol. The third-order valence-electron chi connectivity index (χ3n) is 12.1. The van der Waals surface area contributed by atoms with E-state index in [1.54, 1.807) is 0 Å². The number of hydrogen-bond acceptors (Lipinski definition) is 3. The van der Waals surface area contributed by atoms with Crippen molar-refractivity contribution in [2.45, 2.75) is 0 Å². The molecule has 13 aromatic rings. The van der Waals surface area contributed by atoms with Crippen LogP contribution in [0.5, 0.6) is 0 Å². The second kappa shape index (κ2) is 12.1. The van der Waals surface area contributed by atoms with Crippen LogP contribution in [0, 0.1) is 0 Å². The molecule has 4 heteroatoms. The molecule has 270 valence electrons. The Hall–Kier alpha value is -7.40. The van der Waals surface area contributed by atoms with Crippen LogP contribution in [0.1, 0.15) is 0 Å². The van der Waals surface area contributed by atoms with Crippen LogP contribution in [0.25, 0.3) is 102 Å². The zero-order chi connectivity index (χ0) is 37.9. The lowest BCUT2D eigenvalue weighted by Gasteiger charge is -2.27. The number of benzene rings is 9. The molecule has 4 aromatic heterocycles. The number of fused-ring (bicyclic) bond motifs is 12. The molecule has 13 rings (SSSR count). The van der Waals surface area contributed by atoms with Gasteiger partial charge in [0, 0.05) is 63.9 Å². The summed E-state index contributed by atoms with van der Waals surface area (Å²) < 4.78 is 11.3. The number of hydrogen-bond donors (Lipinski definition) is 0. The second-order valence-electron chi connectivity index (χ2n) is 15.3. The summed E-state index contributed by atoms with van der Waals surface area (Å²) in [5, 5.41) is 9.96. The Balaban J connectivity index is 0.989. The number of nitrogens with zero attached hydrogens (tertiary/aromatic N) is 2. The molecular formula is C54H32N2OS. The van der Waals surface area contributed by atoms with Crippen LogP contribution in [0.15, 0.2) is 199 Å². The van der Waals surface area contributed by atoms with E-state index in [0.29, 0.717) is 0 Å². The van der Waals surface area contributed by atoms with Gasteiger partial charge in [-0.3, -0.25) is 0 Å². The first-order valence-corrected chi connectivity index (χ1v) is 20.6. The van der Waals surface area contributed by atoms with E-state index in [9.17, 15) is 0 Å². The largest absolute Gasteiger partial charge is 0.456 e. The van der Waals surface area contributed by atoms with Crippen LogP contribution in [-0.4, -0.2) is 4.40 Å². The van der Waals surface area contributed by atoms with E-state index in [1.165, 1.54) is 69.4 Å². The van der Waals surface area contributed by atoms with Gasteiger partial charge in [0.05, 0.1) is 22.2 Å². The van der Waals surface area contributed by atoms with Crippen molar-refractivity contribution in [1.29, 1.82) is 0 Å². The van der Waals surface area contributed by atoms with Gasteiger partial charge in [-0.25, -0.2) is 0 Å². The van der Waals surface area contributed by atoms with Gasteiger partial charge < -0.3 is 13.7 Å². The molecule has 0 fully saturated rings. The van der Waals surface area contributed by atoms with Gasteiger partial charge in [-0.15, -0.1) is 11.3 Å². The van der Waals surface area contributed by atoms with Gasteiger partial charge in [-0.05, 0) is 101 Å². The van der Waals surface area contributed by atoms with Gasteiger partial charge >= 0.3 is 0 Å². The molecule has 0 N–H and O–H groups in total. The normalized spacial score (nSPS) is 12.1. The van der Waals surface area contributed by atoms with Crippen molar-refractivity contribution >= 4 is 109 Å². The average Bonchev–Trinajstić information content (AvgIpc) is 4.04. The SMILES string of the molecule is c1ccc2c(c1)oc1ccc(-c3ccc(N(c4ccc(-c5ccc6sc7ccccc7c6c5)cc4)c4ccc5c6ccccc6n6c7ccccc7c4c56)cc3)cc12. The Morgan fingerprint density at radius 3 is 1.69 bits per heavy atom.